The monoisotopic (exact) mass is 625 g/mol. The van der Waals surface area contributed by atoms with Gasteiger partial charge < -0.3 is 5.53 Å². The molecule has 0 aromatic heterocycles. The molecule has 46 heavy (non-hydrogen) atoms. The lowest BCUT2D eigenvalue weighted by Crippen LogP contribution is -2.08. The number of hydrogen-bond donors (Lipinski definition) is 0. The van der Waals surface area contributed by atoms with Crippen molar-refractivity contribution < 1.29 is 4.70 Å². The van der Waals surface area contributed by atoms with E-state index in [1.807, 2.05) is 0 Å². The van der Waals surface area contributed by atoms with Gasteiger partial charge in [0, 0.05) is 23.3 Å². The van der Waals surface area contributed by atoms with E-state index in [0.29, 0.717) is 0 Å². The summed E-state index contributed by atoms with van der Waals surface area (Å²) in [6, 6.07) is 9.69. The first-order valence-corrected chi connectivity index (χ1v) is 19.7. The molecule has 2 aromatic carbocycles. The molecule has 1 aliphatic heterocycles. The fourth-order valence-corrected chi connectivity index (χ4v) is 7.22. The Labute approximate surface area is 284 Å². The van der Waals surface area contributed by atoms with Crippen LogP contribution in [0.5, 0.6) is 0 Å². The van der Waals surface area contributed by atoms with Crippen LogP contribution in [-0.4, -0.2) is 4.70 Å². The maximum atomic E-state index is 11.9. The van der Waals surface area contributed by atoms with Crippen LogP contribution in [0.1, 0.15) is 189 Å². The quantitative estimate of drug-likeness (QED) is 0.0820. The zero-order chi connectivity index (χ0) is 33.1. The van der Waals surface area contributed by atoms with Crippen LogP contribution < -0.4 is 0 Å². The van der Waals surface area contributed by atoms with Crippen molar-refractivity contribution in [2.45, 2.75) is 183 Å². The Hall–Kier alpha value is -2.48. The van der Waals surface area contributed by atoms with Crippen LogP contribution in [0.3, 0.4) is 0 Å². The molecular weight excluding hydrogens is 556 g/mol. The fourth-order valence-electron chi connectivity index (χ4n) is 7.22. The average Bonchev–Trinajstić information content (AvgIpc) is 3.46. The summed E-state index contributed by atoms with van der Waals surface area (Å²) in [5, 5.41) is 0. The molecule has 0 N–H and O–H groups in total. The van der Waals surface area contributed by atoms with Gasteiger partial charge >= 0.3 is 0 Å². The smallest absolute Gasteiger partial charge is 0.207 e. The fraction of sp³-hybridized carbons (Fsp3) is 0.636. The second kappa shape index (κ2) is 21.4. The van der Waals surface area contributed by atoms with Crippen LogP contribution in [0.15, 0.2) is 36.4 Å². The van der Waals surface area contributed by atoms with E-state index in [-0.39, 0.29) is 0 Å². The summed E-state index contributed by atoms with van der Waals surface area (Å²) in [6.07, 6.45) is 31.3. The van der Waals surface area contributed by atoms with E-state index >= 15 is 0 Å². The van der Waals surface area contributed by atoms with Gasteiger partial charge in [0.1, 0.15) is 0 Å². The van der Waals surface area contributed by atoms with E-state index in [4.69, 9.17) is 0 Å². The molecule has 0 unspecified atom stereocenters. The zero-order valence-corrected chi connectivity index (χ0v) is 30.9. The van der Waals surface area contributed by atoms with Gasteiger partial charge in [0.15, 0.2) is 0 Å². The Morgan fingerprint density at radius 2 is 0.696 bits per heavy atom. The highest BCUT2D eigenvalue weighted by Gasteiger charge is 2.26. The van der Waals surface area contributed by atoms with E-state index in [0.717, 1.165) is 37.1 Å². The standard InChI is InChI=1S/C44H68N2/c1-7-13-19-21-27-41-35(23-15-9-3)31-39(32-36(41)24-16-10-4)43-29-30-44(46(43)45)40-33-37(25-17-11-5)42(28-22-20-14-8-2)38(34-40)26-18-12-6/h29-34H,7-28H2,1-6H3. The molecular formula is C44H68N2. The van der Waals surface area contributed by atoms with E-state index in [1.165, 1.54) is 154 Å². The molecule has 2 aromatic rings. The van der Waals surface area contributed by atoms with Gasteiger partial charge in [-0.15, -0.1) is 0 Å². The van der Waals surface area contributed by atoms with Crippen molar-refractivity contribution in [3.8, 4) is 0 Å². The maximum absolute atomic E-state index is 11.9. The van der Waals surface area contributed by atoms with Crippen molar-refractivity contribution >= 4 is 11.4 Å². The maximum Gasteiger partial charge on any atom is 0.207 e. The predicted molar refractivity (Wildman–Crippen MR) is 203 cm³/mol. The topological polar surface area (TPSA) is 25.3 Å². The molecule has 254 valence electrons. The number of hydrogen-bond acceptors (Lipinski definition) is 0. The van der Waals surface area contributed by atoms with Crippen molar-refractivity contribution in [2.24, 2.45) is 0 Å². The van der Waals surface area contributed by atoms with Crippen LogP contribution in [0, 0.1) is 0 Å². The highest BCUT2D eigenvalue weighted by atomic mass is 15.2. The Kier molecular flexibility index (Phi) is 17.7. The summed E-state index contributed by atoms with van der Waals surface area (Å²) in [5.41, 5.74) is 25.3. The first kappa shape index (κ1) is 38.0. The third kappa shape index (κ3) is 11.1. The van der Waals surface area contributed by atoms with Gasteiger partial charge in [0.05, 0.1) is 0 Å². The molecule has 1 aliphatic rings. The molecule has 0 aliphatic carbocycles. The number of benzene rings is 2. The van der Waals surface area contributed by atoms with Crippen LogP contribution >= 0.6 is 0 Å². The highest BCUT2D eigenvalue weighted by molar-refractivity contribution is 5.76. The predicted octanol–water partition coefficient (Wildman–Crippen LogP) is 13.7. The highest BCUT2D eigenvalue weighted by Crippen LogP contribution is 2.36. The molecule has 0 bridgehead atoms. The normalized spacial score (nSPS) is 13.0. The largest absolute Gasteiger partial charge is 0.493 e. The van der Waals surface area contributed by atoms with Crippen LogP contribution in [0.4, 0.5) is 0 Å². The van der Waals surface area contributed by atoms with Gasteiger partial charge in [-0.25, -0.2) is 4.70 Å². The molecule has 2 nitrogen and oxygen atoms in total. The lowest BCUT2D eigenvalue weighted by molar-refractivity contribution is -0.344. The third-order valence-electron chi connectivity index (χ3n) is 10.1. The van der Waals surface area contributed by atoms with Crippen molar-refractivity contribution in [2.75, 3.05) is 0 Å². The zero-order valence-electron chi connectivity index (χ0n) is 30.9. The summed E-state index contributed by atoms with van der Waals surface area (Å²) in [5.74, 6) is 0. The minimum absolute atomic E-state index is 0.928. The second-order valence-corrected chi connectivity index (χ2v) is 14.0. The number of nitrogens with zero attached hydrogens (tertiary/aromatic N) is 2. The summed E-state index contributed by atoms with van der Waals surface area (Å²) < 4.78 is 1.51. The number of rotatable bonds is 24. The van der Waals surface area contributed by atoms with Crippen LogP contribution in [0.25, 0.3) is 16.9 Å². The average molecular weight is 625 g/mol. The molecule has 0 amide bonds. The molecule has 0 spiro atoms. The minimum Gasteiger partial charge on any atom is -0.493 e. The lowest BCUT2D eigenvalue weighted by Gasteiger charge is -2.20. The van der Waals surface area contributed by atoms with E-state index in [9.17, 15) is 5.53 Å². The van der Waals surface area contributed by atoms with Gasteiger partial charge in [0.2, 0.25) is 11.4 Å². The minimum atomic E-state index is 0.928. The van der Waals surface area contributed by atoms with E-state index in [1.54, 1.807) is 11.1 Å². The molecule has 1 heterocycles. The van der Waals surface area contributed by atoms with Crippen molar-refractivity contribution in [1.82, 2.24) is 0 Å². The van der Waals surface area contributed by atoms with E-state index < -0.39 is 0 Å². The van der Waals surface area contributed by atoms with Gasteiger partial charge in [-0.05, 0) is 135 Å². The molecule has 0 saturated carbocycles. The first-order chi connectivity index (χ1) is 22.5. The van der Waals surface area contributed by atoms with Crippen LogP contribution in [-0.2, 0) is 38.5 Å². The molecule has 2 heteroatoms. The Morgan fingerprint density at radius 1 is 0.391 bits per heavy atom. The van der Waals surface area contributed by atoms with Gasteiger partial charge in [-0.2, -0.15) is 0 Å². The Morgan fingerprint density at radius 3 is 0.978 bits per heavy atom. The summed E-state index contributed by atoms with van der Waals surface area (Å²) in [7, 11) is 0. The molecule has 0 saturated heterocycles. The molecule has 0 fully saturated rings. The van der Waals surface area contributed by atoms with Gasteiger partial charge in [0.25, 0.3) is 0 Å². The molecule has 3 rings (SSSR count). The van der Waals surface area contributed by atoms with Gasteiger partial charge in [-0.3, -0.25) is 0 Å². The number of aryl methyl sites for hydroxylation is 4. The second-order valence-electron chi connectivity index (χ2n) is 14.0. The van der Waals surface area contributed by atoms with Crippen molar-refractivity contribution in [1.29, 1.82) is 0 Å². The molecule has 0 atom stereocenters. The summed E-state index contributed by atoms with van der Waals surface area (Å²) in [4.78, 5) is 0. The SMILES string of the molecule is CCCCCCc1c(CCCC)cc(C2=CC=C(c3cc(CCCC)c(CCCCCC)c(CCCC)c3)[N+]2=[N-])cc1CCCC. The number of allylic oxidation sites excluding steroid dienone is 2. The third-order valence-corrected chi connectivity index (χ3v) is 10.1. The van der Waals surface area contributed by atoms with Crippen molar-refractivity contribution in [3.63, 3.8) is 0 Å². The lowest BCUT2D eigenvalue weighted by atomic mass is 9.88. The van der Waals surface area contributed by atoms with Gasteiger partial charge in [-0.1, -0.05) is 106 Å². The Balaban J connectivity index is 1.98. The van der Waals surface area contributed by atoms with Crippen LogP contribution in [0.2, 0.25) is 0 Å². The summed E-state index contributed by atoms with van der Waals surface area (Å²) >= 11 is 0. The Bertz CT molecular complexity index is 1120. The first-order valence-electron chi connectivity index (χ1n) is 19.7. The molecule has 0 radical (unpaired) electrons. The summed E-state index contributed by atoms with van der Waals surface area (Å²) in [6.45, 7) is 13.8. The van der Waals surface area contributed by atoms with E-state index in [2.05, 4.69) is 78.0 Å². The number of unbranched alkanes of at least 4 members (excludes halogenated alkanes) is 10. The van der Waals surface area contributed by atoms with Crippen molar-refractivity contribution in [3.05, 3.63) is 86.5 Å².